The van der Waals surface area contributed by atoms with Crippen molar-refractivity contribution in [1.29, 1.82) is 0 Å². The second-order valence-electron chi connectivity index (χ2n) is 5.05. The standard InChI is InChI=1S/C15H19N3O/c1-11(2)15-12(8-9-14(19)17(3)4)13-7-5-6-10-18(13)16-15/h5-11H,1-4H3/b9-8-. The average molecular weight is 257 g/mol. The number of carbonyl (C=O) groups excluding carboxylic acids is 1. The Morgan fingerprint density at radius 3 is 2.74 bits per heavy atom. The number of amides is 1. The van der Waals surface area contributed by atoms with Crippen LogP contribution in [0.1, 0.15) is 31.0 Å². The Kier molecular flexibility index (Phi) is 3.69. The van der Waals surface area contributed by atoms with Crippen molar-refractivity contribution in [1.82, 2.24) is 14.5 Å². The molecule has 0 aliphatic heterocycles. The summed E-state index contributed by atoms with van der Waals surface area (Å²) < 4.78 is 1.86. The third kappa shape index (κ3) is 2.67. The summed E-state index contributed by atoms with van der Waals surface area (Å²) in [4.78, 5) is 13.2. The maximum atomic E-state index is 11.7. The van der Waals surface area contributed by atoms with Gasteiger partial charge < -0.3 is 4.90 Å². The molecule has 0 N–H and O–H groups in total. The van der Waals surface area contributed by atoms with Crippen molar-refractivity contribution in [3.63, 3.8) is 0 Å². The normalized spacial score (nSPS) is 11.6. The summed E-state index contributed by atoms with van der Waals surface area (Å²) in [5.41, 5.74) is 3.05. The molecule has 2 aromatic rings. The lowest BCUT2D eigenvalue weighted by Gasteiger charge is -2.05. The smallest absolute Gasteiger partial charge is 0.246 e. The number of aromatic nitrogens is 2. The van der Waals surface area contributed by atoms with E-state index in [0.29, 0.717) is 5.92 Å². The molecule has 0 aromatic carbocycles. The summed E-state index contributed by atoms with van der Waals surface area (Å²) in [6.45, 7) is 4.21. The first-order valence-corrected chi connectivity index (χ1v) is 6.37. The molecule has 2 rings (SSSR count). The number of likely N-dealkylation sites (N-methyl/N-ethyl adjacent to an activating group) is 1. The molecule has 4 heteroatoms. The molecule has 19 heavy (non-hydrogen) atoms. The minimum atomic E-state index is -0.0232. The van der Waals surface area contributed by atoms with Crippen LogP contribution in [0.2, 0.25) is 0 Å². The first-order valence-electron chi connectivity index (χ1n) is 6.37. The fourth-order valence-electron chi connectivity index (χ4n) is 1.94. The van der Waals surface area contributed by atoms with Crippen LogP contribution in [-0.2, 0) is 4.79 Å². The van der Waals surface area contributed by atoms with E-state index in [1.165, 1.54) is 0 Å². The van der Waals surface area contributed by atoms with Crippen LogP contribution in [0.3, 0.4) is 0 Å². The zero-order chi connectivity index (χ0) is 14.0. The van der Waals surface area contributed by atoms with Gasteiger partial charge in [0, 0.05) is 31.9 Å². The Bertz CT molecular complexity index is 623. The van der Waals surface area contributed by atoms with Crippen molar-refractivity contribution in [2.75, 3.05) is 14.1 Å². The third-order valence-electron chi connectivity index (χ3n) is 2.99. The second kappa shape index (κ2) is 5.26. The predicted octanol–water partition coefficient (Wildman–Crippen LogP) is 2.56. The SMILES string of the molecule is CC(C)c1nn2ccccc2c1/C=C\C(=O)N(C)C. The highest BCUT2D eigenvalue weighted by Gasteiger charge is 2.13. The molecule has 0 saturated heterocycles. The Morgan fingerprint density at radius 1 is 1.37 bits per heavy atom. The molecule has 0 radical (unpaired) electrons. The number of pyridine rings is 1. The van der Waals surface area contributed by atoms with Crippen molar-refractivity contribution < 1.29 is 4.79 Å². The van der Waals surface area contributed by atoms with Crippen LogP contribution in [0.25, 0.3) is 11.6 Å². The molecule has 1 amide bonds. The highest BCUT2D eigenvalue weighted by molar-refractivity contribution is 5.93. The van der Waals surface area contributed by atoms with Crippen LogP contribution in [0.5, 0.6) is 0 Å². The predicted molar refractivity (Wildman–Crippen MR) is 77.0 cm³/mol. The van der Waals surface area contributed by atoms with Crippen molar-refractivity contribution in [2.45, 2.75) is 19.8 Å². The van der Waals surface area contributed by atoms with Gasteiger partial charge in [-0.05, 0) is 24.1 Å². The summed E-state index contributed by atoms with van der Waals surface area (Å²) in [5.74, 6) is 0.291. The fraction of sp³-hybridized carbons (Fsp3) is 0.333. The summed E-state index contributed by atoms with van der Waals surface area (Å²) in [6, 6.07) is 5.94. The molecule has 100 valence electrons. The first kappa shape index (κ1) is 13.3. The van der Waals surface area contributed by atoms with E-state index in [4.69, 9.17) is 0 Å². The van der Waals surface area contributed by atoms with Gasteiger partial charge in [0.2, 0.25) is 5.91 Å². The van der Waals surface area contributed by atoms with E-state index in [0.717, 1.165) is 16.8 Å². The van der Waals surface area contributed by atoms with E-state index in [-0.39, 0.29) is 5.91 Å². The van der Waals surface area contributed by atoms with Gasteiger partial charge in [0.25, 0.3) is 0 Å². The summed E-state index contributed by atoms with van der Waals surface area (Å²) in [5, 5.41) is 4.58. The number of rotatable bonds is 3. The average Bonchev–Trinajstić information content (AvgIpc) is 2.74. The number of hydrogen-bond donors (Lipinski definition) is 0. The second-order valence-corrected chi connectivity index (χ2v) is 5.05. The van der Waals surface area contributed by atoms with Crippen molar-refractivity contribution in [3.05, 3.63) is 41.7 Å². The van der Waals surface area contributed by atoms with E-state index in [9.17, 15) is 4.79 Å². The van der Waals surface area contributed by atoms with Crippen molar-refractivity contribution >= 4 is 17.5 Å². The zero-order valence-corrected chi connectivity index (χ0v) is 11.8. The van der Waals surface area contributed by atoms with E-state index < -0.39 is 0 Å². The van der Waals surface area contributed by atoms with Crippen LogP contribution in [-0.4, -0.2) is 34.5 Å². The van der Waals surface area contributed by atoms with Gasteiger partial charge in [0.15, 0.2) is 0 Å². The molecule has 2 heterocycles. The maximum Gasteiger partial charge on any atom is 0.246 e. The number of carbonyl (C=O) groups is 1. The Balaban J connectivity index is 2.51. The van der Waals surface area contributed by atoms with E-state index in [2.05, 4.69) is 18.9 Å². The van der Waals surface area contributed by atoms with Gasteiger partial charge in [-0.1, -0.05) is 19.9 Å². The minimum Gasteiger partial charge on any atom is -0.345 e. The summed E-state index contributed by atoms with van der Waals surface area (Å²) in [6.07, 6.45) is 5.38. The van der Waals surface area contributed by atoms with E-state index in [1.807, 2.05) is 35.0 Å². The van der Waals surface area contributed by atoms with Crippen LogP contribution in [0.15, 0.2) is 30.5 Å². The number of fused-ring (bicyclic) bond motifs is 1. The Labute approximate surface area is 113 Å². The van der Waals surface area contributed by atoms with Gasteiger partial charge >= 0.3 is 0 Å². The molecule has 0 bridgehead atoms. The van der Waals surface area contributed by atoms with Crippen LogP contribution in [0, 0.1) is 0 Å². The molecular formula is C15H19N3O. The first-order chi connectivity index (χ1) is 9.00. The molecule has 0 aliphatic carbocycles. The molecule has 0 spiro atoms. The molecule has 0 aliphatic rings. The van der Waals surface area contributed by atoms with Gasteiger partial charge in [-0.25, -0.2) is 4.52 Å². The maximum absolute atomic E-state index is 11.7. The van der Waals surface area contributed by atoms with Gasteiger partial charge in [-0.3, -0.25) is 4.79 Å². The van der Waals surface area contributed by atoms with Gasteiger partial charge in [0.05, 0.1) is 11.2 Å². The van der Waals surface area contributed by atoms with Crippen molar-refractivity contribution in [3.8, 4) is 0 Å². The molecule has 4 nitrogen and oxygen atoms in total. The lowest BCUT2D eigenvalue weighted by atomic mass is 10.0. The highest BCUT2D eigenvalue weighted by atomic mass is 16.2. The summed E-state index contributed by atoms with van der Waals surface area (Å²) >= 11 is 0. The molecule has 0 unspecified atom stereocenters. The summed E-state index contributed by atoms with van der Waals surface area (Å²) in [7, 11) is 3.48. The van der Waals surface area contributed by atoms with Crippen LogP contribution >= 0.6 is 0 Å². The van der Waals surface area contributed by atoms with Gasteiger partial charge in [-0.15, -0.1) is 0 Å². The highest BCUT2D eigenvalue weighted by Crippen LogP contribution is 2.23. The van der Waals surface area contributed by atoms with Gasteiger partial charge in [0.1, 0.15) is 0 Å². The third-order valence-corrected chi connectivity index (χ3v) is 2.99. The minimum absolute atomic E-state index is 0.0232. The van der Waals surface area contributed by atoms with Crippen LogP contribution < -0.4 is 0 Å². The largest absolute Gasteiger partial charge is 0.345 e. The monoisotopic (exact) mass is 257 g/mol. The zero-order valence-electron chi connectivity index (χ0n) is 11.8. The quantitative estimate of drug-likeness (QED) is 0.792. The van der Waals surface area contributed by atoms with E-state index >= 15 is 0 Å². The Morgan fingerprint density at radius 2 is 2.11 bits per heavy atom. The molecular weight excluding hydrogens is 238 g/mol. The van der Waals surface area contributed by atoms with Crippen LogP contribution in [0.4, 0.5) is 0 Å². The van der Waals surface area contributed by atoms with E-state index in [1.54, 1.807) is 25.1 Å². The lowest BCUT2D eigenvalue weighted by Crippen LogP contribution is -2.18. The fourth-order valence-corrected chi connectivity index (χ4v) is 1.94. The van der Waals surface area contributed by atoms with Crippen molar-refractivity contribution in [2.24, 2.45) is 0 Å². The molecule has 2 aromatic heterocycles. The number of hydrogen-bond acceptors (Lipinski definition) is 2. The lowest BCUT2D eigenvalue weighted by molar-refractivity contribution is -0.123. The molecule has 0 saturated carbocycles. The topological polar surface area (TPSA) is 37.6 Å². The Hall–Kier alpha value is -2.10. The van der Waals surface area contributed by atoms with Gasteiger partial charge in [-0.2, -0.15) is 5.10 Å². The molecule has 0 fully saturated rings. The number of nitrogens with zero attached hydrogens (tertiary/aromatic N) is 3. The molecule has 0 atom stereocenters.